The van der Waals surface area contributed by atoms with Crippen LogP contribution in [0.3, 0.4) is 0 Å². The minimum Gasteiger partial charge on any atom is -0.426 e. The number of morpholine rings is 1. The van der Waals surface area contributed by atoms with E-state index < -0.39 is 24.5 Å². The standard InChI is InChI=1S/C19H23F6N3O3/c20-18(21,22)16(19(23,24)25)31-17(29)28-8-6-27(7-9-28)12-13-3-1-2-4-14(13)15-11-26-5-10-30-15/h1-4,15-16,26H,5-12H2. The number of hydrogen-bond acceptors (Lipinski definition) is 5. The van der Waals surface area contributed by atoms with Gasteiger partial charge in [0.15, 0.2) is 0 Å². The Labute approximate surface area is 175 Å². The predicted molar refractivity (Wildman–Crippen MR) is 97.2 cm³/mol. The van der Waals surface area contributed by atoms with E-state index in [0.29, 0.717) is 19.7 Å². The lowest BCUT2D eigenvalue weighted by Gasteiger charge is -2.36. The van der Waals surface area contributed by atoms with Gasteiger partial charge in [0.2, 0.25) is 0 Å². The fourth-order valence-corrected chi connectivity index (χ4v) is 3.58. The number of ether oxygens (including phenoxy) is 2. The van der Waals surface area contributed by atoms with Crippen LogP contribution >= 0.6 is 0 Å². The zero-order valence-electron chi connectivity index (χ0n) is 16.5. The zero-order valence-corrected chi connectivity index (χ0v) is 16.5. The van der Waals surface area contributed by atoms with Gasteiger partial charge in [0.05, 0.1) is 12.7 Å². The molecule has 3 rings (SSSR count). The van der Waals surface area contributed by atoms with Crippen molar-refractivity contribution in [2.75, 3.05) is 45.9 Å². The van der Waals surface area contributed by atoms with E-state index in [9.17, 15) is 31.1 Å². The van der Waals surface area contributed by atoms with E-state index in [1.165, 1.54) is 0 Å². The van der Waals surface area contributed by atoms with Gasteiger partial charge in [0.1, 0.15) is 0 Å². The third-order valence-corrected chi connectivity index (χ3v) is 5.17. The maximum Gasteiger partial charge on any atom is 0.434 e. The molecule has 6 nitrogen and oxygen atoms in total. The van der Waals surface area contributed by atoms with Crippen LogP contribution in [0.15, 0.2) is 24.3 Å². The maximum absolute atomic E-state index is 12.6. The molecule has 2 saturated heterocycles. The minimum absolute atomic E-state index is 0.0368. The fourth-order valence-electron chi connectivity index (χ4n) is 3.58. The first-order valence-electron chi connectivity index (χ1n) is 9.77. The smallest absolute Gasteiger partial charge is 0.426 e. The van der Waals surface area contributed by atoms with Gasteiger partial charge in [-0.05, 0) is 11.1 Å². The van der Waals surface area contributed by atoms with Gasteiger partial charge in [-0.15, -0.1) is 0 Å². The summed E-state index contributed by atoms with van der Waals surface area (Å²) in [4.78, 5) is 14.7. The summed E-state index contributed by atoms with van der Waals surface area (Å²) in [7, 11) is 0. The summed E-state index contributed by atoms with van der Waals surface area (Å²) in [5.74, 6) is 0. The Morgan fingerprint density at radius 1 is 1.10 bits per heavy atom. The molecule has 1 unspecified atom stereocenters. The summed E-state index contributed by atoms with van der Waals surface area (Å²) in [6, 6.07) is 7.71. The third kappa shape index (κ3) is 6.23. The number of nitrogens with one attached hydrogen (secondary N) is 1. The minimum atomic E-state index is -5.73. The highest BCUT2D eigenvalue weighted by Crippen LogP contribution is 2.36. The fraction of sp³-hybridized carbons (Fsp3) is 0.632. The normalized spacial score (nSPS) is 21.4. The van der Waals surface area contributed by atoms with Gasteiger partial charge in [-0.1, -0.05) is 24.3 Å². The molecule has 0 spiro atoms. The van der Waals surface area contributed by atoms with Crippen molar-refractivity contribution in [3.8, 4) is 0 Å². The van der Waals surface area contributed by atoms with Crippen LogP contribution in [0.4, 0.5) is 31.1 Å². The molecule has 0 aromatic heterocycles. The van der Waals surface area contributed by atoms with Crippen molar-refractivity contribution >= 4 is 6.09 Å². The number of nitrogens with zero attached hydrogens (tertiary/aromatic N) is 2. The van der Waals surface area contributed by atoms with Crippen molar-refractivity contribution in [2.24, 2.45) is 0 Å². The molecule has 31 heavy (non-hydrogen) atoms. The number of rotatable bonds is 4. The van der Waals surface area contributed by atoms with Crippen molar-refractivity contribution in [2.45, 2.75) is 31.1 Å². The second kappa shape index (κ2) is 9.61. The van der Waals surface area contributed by atoms with Crippen molar-refractivity contribution in [1.29, 1.82) is 0 Å². The van der Waals surface area contributed by atoms with Crippen LogP contribution in [-0.2, 0) is 16.0 Å². The molecule has 12 heteroatoms. The van der Waals surface area contributed by atoms with Crippen molar-refractivity contribution in [3.63, 3.8) is 0 Å². The Morgan fingerprint density at radius 3 is 2.32 bits per heavy atom. The number of halogens is 6. The third-order valence-electron chi connectivity index (χ3n) is 5.17. The molecule has 0 radical (unpaired) electrons. The van der Waals surface area contributed by atoms with Crippen molar-refractivity contribution < 1.29 is 40.6 Å². The Morgan fingerprint density at radius 2 is 1.74 bits per heavy atom. The highest BCUT2D eigenvalue weighted by molar-refractivity contribution is 5.68. The Bertz CT molecular complexity index is 730. The SMILES string of the molecule is O=C(OC(C(F)(F)F)C(F)(F)F)N1CCN(Cc2ccccc2C2CNCCO2)CC1. The molecule has 1 amide bonds. The number of benzene rings is 1. The van der Waals surface area contributed by atoms with Crippen LogP contribution in [-0.4, -0.2) is 80.2 Å². The summed E-state index contributed by atoms with van der Waals surface area (Å²) in [6.07, 6.45) is -17.3. The molecule has 1 aromatic rings. The van der Waals surface area contributed by atoms with Crippen LogP contribution in [0.2, 0.25) is 0 Å². The van der Waals surface area contributed by atoms with E-state index in [4.69, 9.17) is 4.74 Å². The number of hydrogen-bond donors (Lipinski definition) is 1. The van der Waals surface area contributed by atoms with Gasteiger partial charge in [0.25, 0.3) is 6.10 Å². The highest BCUT2D eigenvalue weighted by atomic mass is 19.4. The van der Waals surface area contributed by atoms with Gasteiger partial charge < -0.3 is 19.7 Å². The summed E-state index contributed by atoms with van der Waals surface area (Å²) in [5.41, 5.74) is 2.04. The average Bonchev–Trinajstić information content (AvgIpc) is 2.72. The number of carbonyl (C=O) groups excluding carboxylic acids is 1. The van der Waals surface area contributed by atoms with Gasteiger partial charge in [-0.2, -0.15) is 26.3 Å². The van der Waals surface area contributed by atoms with E-state index in [0.717, 1.165) is 22.6 Å². The molecule has 2 aliphatic rings. The summed E-state index contributed by atoms with van der Waals surface area (Å²) in [6.45, 7) is 3.07. The molecular formula is C19H23F6N3O3. The first kappa shape index (κ1) is 23.6. The topological polar surface area (TPSA) is 54.0 Å². The van der Waals surface area contributed by atoms with Crippen LogP contribution in [0.5, 0.6) is 0 Å². The molecule has 1 N–H and O–H groups in total. The molecule has 2 fully saturated rings. The first-order valence-corrected chi connectivity index (χ1v) is 9.77. The molecule has 0 bridgehead atoms. The van der Waals surface area contributed by atoms with Crippen LogP contribution in [0.25, 0.3) is 0 Å². The Kier molecular flexibility index (Phi) is 7.32. The summed E-state index contributed by atoms with van der Waals surface area (Å²) >= 11 is 0. The number of carbonyl (C=O) groups is 1. The van der Waals surface area contributed by atoms with Crippen LogP contribution in [0, 0.1) is 0 Å². The second-order valence-corrected chi connectivity index (χ2v) is 7.37. The molecule has 174 valence electrons. The average molecular weight is 455 g/mol. The number of alkyl halides is 6. The maximum atomic E-state index is 12.6. The monoisotopic (exact) mass is 455 g/mol. The summed E-state index contributed by atoms with van der Waals surface area (Å²) in [5, 5.41) is 3.26. The van der Waals surface area contributed by atoms with Crippen molar-refractivity contribution in [1.82, 2.24) is 15.1 Å². The number of amides is 1. The zero-order chi connectivity index (χ0) is 22.6. The largest absolute Gasteiger partial charge is 0.434 e. The van der Waals surface area contributed by atoms with Crippen molar-refractivity contribution in [3.05, 3.63) is 35.4 Å². The van der Waals surface area contributed by atoms with E-state index in [1.54, 1.807) is 0 Å². The van der Waals surface area contributed by atoms with Gasteiger partial charge in [-0.25, -0.2) is 4.79 Å². The molecular weight excluding hydrogens is 432 g/mol. The molecule has 2 aliphatic heterocycles. The molecule has 1 aromatic carbocycles. The Balaban J connectivity index is 1.56. The lowest BCUT2D eigenvalue weighted by atomic mass is 10.0. The van der Waals surface area contributed by atoms with E-state index in [2.05, 4.69) is 10.1 Å². The van der Waals surface area contributed by atoms with Gasteiger partial charge in [0, 0.05) is 45.8 Å². The van der Waals surface area contributed by atoms with Gasteiger partial charge >= 0.3 is 18.4 Å². The van der Waals surface area contributed by atoms with E-state index >= 15 is 0 Å². The molecule has 0 saturated carbocycles. The van der Waals surface area contributed by atoms with E-state index in [-0.39, 0.29) is 32.3 Å². The summed E-state index contributed by atoms with van der Waals surface area (Å²) < 4.78 is 85.2. The lowest BCUT2D eigenvalue weighted by Crippen LogP contribution is -2.52. The van der Waals surface area contributed by atoms with Crippen LogP contribution in [0.1, 0.15) is 17.2 Å². The first-order chi connectivity index (χ1) is 14.6. The highest BCUT2D eigenvalue weighted by Gasteiger charge is 2.60. The van der Waals surface area contributed by atoms with Gasteiger partial charge in [-0.3, -0.25) is 4.90 Å². The number of piperazine rings is 1. The van der Waals surface area contributed by atoms with Crippen LogP contribution < -0.4 is 5.32 Å². The predicted octanol–water partition coefficient (Wildman–Crippen LogP) is 3.09. The molecule has 2 heterocycles. The quantitative estimate of drug-likeness (QED) is 0.708. The second-order valence-electron chi connectivity index (χ2n) is 7.37. The Hall–Kier alpha value is -2.05. The lowest BCUT2D eigenvalue weighted by molar-refractivity contribution is -0.308. The molecule has 1 atom stereocenters. The van der Waals surface area contributed by atoms with E-state index in [1.807, 2.05) is 29.2 Å². The molecule has 0 aliphatic carbocycles.